The standard InChI is InChI=1S/C21H22N4O5S2/c26-19(24-6-8-25(9-7-24)20(27)17-5-2-10-30-17)14-3-1-4-15(11-14)22-21-23-16-12-32(28,29)13-18(16)31-21/h1-5,10-11,16,18H,6-9,12-13H2,(H,22,23)/t16-,18-/m0/s1. The smallest absolute Gasteiger partial charge is 0.289 e. The predicted molar refractivity (Wildman–Crippen MR) is 122 cm³/mol. The van der Waals surface area contributed by atoms with Crippen LogP contribution in [0.5, 0.6) is 0 Å². The molecule has 168 valence electrons. The Balaban J connectivity index is 1.20. The van der Waals surface area contributed by atoms with E-state index < -0.39 is 9.84 Å². The van der Waals surface area contributed by atoms with Crippen molar-refractivity contribution in [3.05, 3.63) is 54.0 Å². The van der Waals surface area contributed by atoms with Gasteiger partial charge in [0.1, 0.15) is 0 Å². The van der Waals surface area contributed by atoms with Gasteiger partial charge >= 0.3 is 0 Å². The van der Waals surface area contributed by atoms with E-state index in [9.17, 15) is 18.0 Å². The number of amidine groups is 1. The van der Waals surface area contributed by atoms with E-state index in [1.807, 2.05) is 6.07 Å². The highest BCUT2D eigenvalue weighted by atomic mass is 32.2. The second kappa shape index (κ2) is 8.28. The average molecular weight is 475 g/mol. The molecule has 2 atom stereocenters. The fourth-order valence-corrected chi connectivity index (χ4v) is 7.80. The van der Waals surface area contributed by atoms with Crippen LogP contribution in [0, 0.1) is 0 Å². The quantitative estimate of drug-likeness (QED) is 0.718. The molecule has 3 aliphatic rings. The van der Waals surface area contributed by atoms with Crippen molar-refractivity contribution in [1.29, 1.82) is 0 Å². The highest BCUT2D eigenvalue weighted by molar-refractivity contribution is 8.15. The number of piperazine rings is 1. The number of fused-ring (bicyclic) bond motifs is 1. The summed E-state index contributed by atoms with van der Waals surface area (Å²) in [5.41, 5.74) is 1.28. The number of sulfone groups is 1. The summed E-state index contributed by atoms with van der Waals surface area (Å²) < 4.78 is 28.6. The van der Waals surface area contributed by atoms with Crippen molar-refractivity contribution in [3.8, 4) is 0 Å². The van der Waals surface area contributed by atoms with Gasteiger partial charge in [-0.1, -0.05) is 17.8 Å². The Labute approximate surface area is 189 Å². The molecule has 1 N–H and O–H groups in total. The molecule has 1 aromatic heterocycles. The number of furan rings is 1. The van der Waals surface area contributed by atoms with Crippen molar-refractivity contribution in [2.75, 3.05) is 43.0 Å². The van der Waals surface area contributed by atoms with Gasteiger partial charge in [-0.3, -0.25) is 14.6 Å². The van der Waals surface area contributed by atoms with E-state index in [2.05, 4.69) is 10.3 Å². The van der Waals surface area contributed by atoms with Crippen LogP contribution in [0.3, 0.4) is 0 Å². The van der Waals surface area contributed by atoms with Crippen molar-refractivity contribution in [2.24, 2.45) is 4.99 Å². The van der Waals surface area contributed by atoms with Crippen molar-refractivity contribution < 1.29 is 22.4 Å². The number of nitrogens with zero attached hydrogens (tertiary/aromatic N) is 3. The number of aliphatic imine (C=N–C) groups is 1. The Morgan fingerprint density at radius 3 is 2.47 bits per heavy atom. The topological polar surface area (TPSA) is 112 Å². The Bertz CT molecular complexity index is 1170. The molecule has 2 fully saturated rings. The van der Waals surface area contributed by atoms with Gasteiger partial charge in [0.05, 0.1) is 23.8 Å². The number of anilines is 1. The molecule has 2 amide bonds. The van der Waals surface area contributed by atoms with E-state index >= 15 is 0 Å². The summed E-state index contributed by atoms with van der Waals surface area (Å²) in [7, 11) is -2.99. The van der Waals surface area contributed by atoms with Gasteiger partial charge < -0.3 is 19.5 Å². The predicted octanol–water partition coefficient (Wildman–Crippen LogP) is 1.56. The molecule has 11 heteroatoms. The second-order valence-corrected chi connectivity index (χ2v) is 11.4. The molecule has 3 aliphatic heterocycles. The minimum Gasteiger partial charge on any atom is -0.459 e. The molecule has 2 saturated heterocycles. The zero-order valence-corrected chi connectivity index (χ0v) is 18.8. The molecular formula is C21H22N4O5S2. The van der Waals surface area contributed by atoms with Crippen LogP contribution >= 0.6 is 11.8 Å². The molecular weight excluding hydrogens is 452 g/mol. The Morgan fingerprint density at radius 1 is 1.03 bits per heavy atom. The van der Waals surface area contributed by atoms with Crippen molar-refractivity contribution >= 4 is 44.3 Å². The van der Waals surface area contributed by atoms with Gasteiger partial charge in [-0.2, -0.15) is 0 Å². The Morgan fingerprint density at radius 2 is 1.78 bits per heavy atom. The lowest BCUT2D eigenvalue weighted by Gasteiger charge is -2.34. The molecule has 32 heavy (non-hydrogen) atoms. The number of carbonyl (C=O) groups excluding carboxylic acids is 2. The van der Waals surface area contributed by atoms with E-state index in [0.29, 0.717) is 42.7 Å². The summed E-state index contributed by atoms with van der Waals surface area (Å²) >= 11 is 1.44. The number of hydrogen-bond donors (Lipinski definition) is 1. The zero-order valence-electron chi connectivity index (χ0n) is 17.1. The molecule has 0 saturated carbocycles. The number of thioether (sulfide) groups is 1. The van der Waals surface area contributed by atoms with Gasteiger partial charge in [-0.15, -0.1) is 0 Å². The Kier molecular flexibility index (Phi) is 5.46. The monoisotopic (exact) mass is 474 g/mol. The molecule has 0 bridgehead atoms. The third-order valence-electron chi connectivity index (χ3n) is 5.76. The summed E-state index contributed by atoms with van der Waals surface area (Å²) in [6.45, 7) is 1.79. The Hall–Kier alpha value is -2.79. The molecule has 2 aromatic rings. The van der Waals surface area contributed by atoms with Crippen LogP contribution in [-0.2, 0) is 9.84 Å². The molecule has 9 nitrogen and oxygen atoms in total. The second-order valence-electron chi connectivity index (χ2n) is 8.00. The van der Waals surface area contributed by atoms with Gasteiger partial charge in [-0.05, 0) is 30.3 Å². The van der Waals surface area contributed by atoms with Crippen LogP contribution in [0.25, 0.3) is 0 Å². The lowest BCUT2D eigenvalue weighted by molar-refractivity contribution is 0.0518. The van der Waals surface area contributed by atoms with Crippen LogP contribution in [0.4, 0.5) is 5.69 Å². The fourth-order valence-electron chi connectivity index (χ4n) is 4.12. The van der Waals surface area contributed by atoms with Crippen molar-refractivity contribution in [1.82, 2.24) is 9.80 Å². The summed E-state index contributed by atoms with van der Waals surface area (Å²) in [4.78, 5) is 33.3. The number of rotatable bonds is 3. The number of amides is 2. The van der Waals surface area contributed by atoms with Gasteiger partial charge in [-0.25, -0.2) is 8.42 Å². The molecule has 0 aliphatic carbocycles. The van der Waals surface area contributed by atoms with E-state index in [-0.39, 0.29) is 34.6 Å². The SMILES string of the molecule is O=C(c1cccc(NC2=N[C@H]3CS(=O)(=O)C[C@@H]3S2)c1)N1CCN(C(=O)c2ccco2)CC1. The normalized spacial score (nSPS) is 24.2. The van der Waals surface area contributed by atoms with Gasteiger partial charge in [0.25, 0.3) is 11.8 Å². The van der Waals surface area contributed by atoms with Gasteiger partial charge in [0, 0.05) is 42.7 Å². The van der Waals surface area contributed by atoms with E-state index in [4.69, 9.17) is 4.42 Å². The number of nitrogens with one attached hydrogen (secondary N) is 1. The maximum absolute atomic E-state index is 13.0. The third kappa shape index (κ3) is 4.26. The van der Waals surface area contributed by atoms with Crippen LogP contribution in [0.2, 0.25) is 0 Å². The zero-order chi connectivity index (χ0) is 22.3. The summed E-state index contributed by atoms with van der Waals surface area (Å²) in [6, 6.07) is 10.3. The summed E-state index contributed by atoms with van der Waals surface area (Å²) in [5, 5.41) is 3.87. The lowest BCUT2D eigenvalue weighted by Crippen LogP contribution is -2.50. The highest BCUT2D eigenvalue weighted by Crippen LogP contribution is 2.34. The van der Waals surface area contributed by atoms with E-state index in [1.165, 1.54) is 18.0 Å². The summed E-state index contributed by atoms with van der Waals surface area (Å²) in [5.74, 6) is 0.300. The van der Waals surface area contributed by atoms with Crippen LogP contribution in [0.1, 0.15) is 20.9 Å². The molecule has 1 aromatic carbocycles. The van der Waals surface area contributed by atoms with Crippen molar-refractivity contribution in [3.63, 3.8) is 0 Å². The van der Waals surface area contributed by atoms with Crippen LogP contribution in [0.15, 0.2) is 52.1 Å². The number of benzene rings is 1. The van der Waals surface area contributed by atoms with E-state index in [1.54, 1.807) is 40.1 Å². The highest BCUT2D eigenvalue weighted by Gasteiger charge is 2.42. The van der Waals surface area contributed by atoms with Gasteiger partial charge in [0.2, 0.25) is 0 Å². The van der Waals surface area contributed by atoms with Gasteiger partial charge in [0.15, 0.2) is 20.8 Å². The number of hydrogen-bond acceptors (Lipinski definition) is 8. The van der Waals surface area contributed by atoms with Crippen molar-refractivity contribution in [2.45, 2.75) is 11.3 Å². The average Bonchev–Trinajstić information content (AvgIpc) is 3.48. The van der Waals surface area contributed by atoms with E-state index in [0.717, 1.165) is 5.69 Å². The maximum Gasteiger partial charge on any atom is 0.289 e. The number of carbonyl (C=O) groups is 2. The fraction of sp³-hybridized carbons (Fsp3) is 0.381. The largest absolute Gasteiger partial charge is 0.459 e. The first kappa shape index (κ1) is 21.1. The first-order chi connectivity index (χ1) is 15.4. The van der Waals surface area contributed by atoms with Crippen LogP contribution < -0.4 is 5.32 Å². The third-order valence-corrected chi connectivity index (χ3v) is 8.91. The van der Waals surface area contributed by atoms with Crippen LogP contribution in [-0.4, -0.2) is 84.2 Å². The minimum absolute atomic E-state index is 0.0347. The molecule has 4 heterocycles. The molecule has 0 unspecified atom stereocenters. The maximum atomic E-state index is 13.0. The molecule has 0 radical (unpaired) electrons. The lowest BCUT2D eigenvalue weighted by atomic mass is 10.1. The first-order valence-corrected chi connectivity index (χ1v) is 13.0. The molecule has 0 spiro atoms. The summed E-state index contributed by atoms with van der Waals surface area (Å²) in [6.07, 6.45) is 1.47. The minimum atomic E-state index is -2.99. The first-order valence-electron chi connectivity index (χ1n) is 10.3. The molecule has 5 rings (SSSR count).